The highest BCUT2D eigenvalue weighted by Gasteiger charge is 2.31. The standard InChI is InChI=1S/C29H25F2N3O2/c30-23-11-12-26(31)24(17-23)28(35)22-13-15-33(16-14-22)29(36)25-19-34(18-20-7-3-1-4-8-20)32-27(25)21-9-5-2-6-10-21/h1-12,17,19,22H,13-16,18H2. The van der Waals surface area contributed by atoms with E-state index < -0.39 is 23.3 Å². The van der Waals surface area contributed by atoms with Gasteiger partial charge in [0.05, 0.1) is 17.7 Å². The Morgan fingerprint density at radius 3 is 2.22 bits per heavy atom. The van der Waals surface area contributed by atoms with Gasteiger partial charge in [-0.15, -0.1) is 0 Å². The number of likely N-dealkylation sites (tertiary alicyclic amines) is 1. The molecule has 1 aromatic heterocycles. The Bertz CT molecular complexity index is 1380. The zero-order valence-electron chi connectivity index (χ0n) is 19.6. The van der Waals surface area contributed by atoms with Crippen molar-refractivity contribution in [2.24, 2.45) is 5.92 Å². The zero-order chi connectivity index (χ0) is 25.1. The van der Waals surface area contributed by atoms with Crippen molar-refractivity contribution >= 4 is 11.7 Å². The van der Waals surface area contributed by atoms with Crippen LogP contribution in [-0.4, -0.2) is 39.5 Å². The molecule has 3 aromatic carbocycles. The SMILES string of the molecule is O=C(c1cc(F)ccc1F)C1CCN(C(=O)c2cn(Cc3ccccc3)nc2-c2ccccc2)CC1. The molecule has 4 aromatic rings. The summed E-state index contributed by atoms with van der Waals surface area (Å²) in [6, 6.07) is 22.4. The van der Waals surface area contributed by atoms with Crippen molar-refractivity contribution in [2.45, 2.75) is 19.4 Å². The van der Waals surface area contributed by atoms with E-state index in [1.165, 1.54) is 0 Å². The number of hydrogen-bond donors (Lipinski definition) is 0. The van der Waals surface area contributed by atoms with E-state index in [0.29, 0.717) is 43.7 Å². The van der Waals surface area contributed by atoms with Crippen LogP contribution >= 0.6 is 0 Å². The molecule has 182 valence electrons. The van der Waals surface area contributed by atoms with E-state index in [1.54, 1.807) is 15.8 Å². The number of amides is 1. The molecule has 0 unspecified atom stereocenters. The molecule has 7 heteroatoms. The van der Waals surface area contributed by atoms with Crippen LogP contribution in [0, 0.1) is 17.6 Å². The van der Waals surface area contributed by atoms with Crippen LogP contribution in [0.15, 0.2) is 85.1 Å². The van der Waals surface area contributed by atoms with Crippen LogP contribution in [0.2, 0.25) is 0 Å². The lowest BCUT2D eigenvalue weighted by Gasteiger charge is -2.31. The average molecular weight is 486 g/mol. The maximum absolute atomic E-state index is 14.1. The highest BCUT2D eigenvalue weighted by Crippen LogP contribution is 2.28. The Kier molecular flexibility index (Phi) is 6.71. The smallest absolute Gasteiger partial charge is 0.257 e. The molecule has 1 amide bonds. The number of piperidine rings is 1. The molecule has 5 rings (SSSR count). The molecule has 1 aliphatic rings. The Hall–Kier alpha value is -4.13. The van der Waals surface area contributed by atoms with E-state index >= 15 is 0 Å². The van der Waals surface area contributed by atoms with Gasteiger partial charge in [0.25, 0.3) is 5.91 Å². The first kappa shape index (κ1) is 23.6. The molecular formula is C29H25F2N3O2. The topological polar surface area (TPSA) is 55.2 Å². The van der Waals surface area contributed by atoms with Crippen molar-refractivity contribution in [3.63, 3.8) is 0 Å². The van der Waals surface area contributed by atoms with Crippen molar-refractivity contribution in [1.82, 2.24) is 14.7 Å². The van der Waals surface area contributed by atoms with Gasteiger partial charge >= 0.3 is 0 Å². The Morgan fingerprint density at radius 1 is 0.861 bits per heavy atom. The lowest BCUT2D eigenvalue weighted by atomic mass is 9.88. The predicted molar refractivity (Wildman–Crippen MR) is 133 cm³/mol. The summed E-state index contributed by atoms with van der Waals surface area (Å²) >= 11 is 0. The minimum Gasteiger partial charge on any atom is -0.338 e. The molecule has 36 heavy (non-hydrogen) atoms. The van der Waals surface area contributed by atoms with Gasteiger partial charge in [0.1, 0.15) is 17.3 Å². The van der Waals surface area contributed by atoms with Gasteiger partial charge in [0.15, 0.2) is 5.78 Å². The largest absolute Gasteiger partial charge is 0.338 e. The normalized spacial score (nSPS) is 14.1. The van der Waals surface area contributed by atoms with Crippen LogP contribution in [0.3, 0.4) is 0 Å². The molecule has 5 nitrogen and oxygen atoms in total. The first-order valence-electron chi connectivity index (χ1n) is 11.9. The van der Waals surface area contributed by atoms with Gasteiger partial charge in [-0.1, -0.05) is 60.7 Å². The van der Waals surface area contributed by atoms with Gasteiger partial charge in [0.2, 0.25) is 0 Å². The molecule has 1 aliphatic heterocycles. The molecule has 0 saturated carbocycles. The van der Waals surface area contributed by atoms with Gasteiger partial charge < -0.3 is 4.90 Å². The number of aromatic nitrogens is 2. The molecule has 0 aliphatic carbocycles. The zero-order valence-corrected chi connectivity index (χ0v) is 19.6. The Balaban J connectivity index is 1.35. The fourth-order valence-electron chi connectivity index (χ4n) is 4.66. The molecule has 0 N–H and O–H groups in total. The molecular weight excluding hydrogens is 460 g/mol. The van der Waals surface area contributed by atoms with Gasteiger partial charge in [-0.25, -0.2) is 8.78 Å². The number of carbonyl (C=O) groups excluding carboxylic acids is 2. The highest BCUT2D eigenvalue weighted by atomic mass is 19.1. The lowest BCUT2D eigenvalue weighted by Crippen LogP contribution is -2.40. The molecule has 0 atom stereocenters. The number of nitrogens with zero attached hydrogens (tertiary/aromatic N) is 3. The number of Topliss-reactive ketones (excluding diaryl/α,β-unsaturated/α-hetero) is 1. The minimum absolute atomic E-state index is 0.156. The van der Waals surface area contributed by atoms with E-state index in [4.69, 9.17) is 5.10 Å². The van der Waals surface area contributed by atoms with Gasteiger partial charge in [0, 0.05) is 30.8 Å². The van der Waals surface area contributed by atoms with Crippen LogP contribution in [0.4, 0.5) is 8.78 Å². The number of benzene rings is 3. The molecule has 0 radical (unpaired) electrons. The molecule has 2 heterocycles. The summed E-state index contributed by atoms with van der Waals surface area (Å²) in [5.41, 5.74) is 2.80. The van der Waals surface area contributed by atoms with Gasteiger partial charge in [-0.05, 0) is 36.6 Å². The number of rotatable bonds is 6. The van der Waals surface area contributed by atoms with E-state index in [9.17, 15) is 18.4 Å². The fourth-order valence-corrected chi connectivity index (χ4v) is 4.66. The first-order valence-corrected chi connectivity index (χ1v) is 11.9. The second kappa shape index (κ2) is 10.2. The first-order chi connectivity index (χ1) is 17.5. The quantitative estimate of drug-likeness (QED) is 0.334. The summed E-state index contributed by atoms with van der Waals surface area (Å²) in [4.78, 5) is 28.1. The second-order valence-corrected chi connectivity index (χ2v) is 9.00. The summed E-state index contributed by atoms with van der Waals surface area (Å²) in [6.45, 7) is 1.23. The number of halogens is 2. The summed E-state index contributed by atoms with van der Waals surface area (Å²) in [5.74, 6) is -2.40. The van der Waals surface area contributed by atoms with Gasteiger partial charge in [-0.2, -0.15) is 5.10 Å². The van der Waals surface area contributed by atoms with Gasteiger partial charge in [-0.3, -0.25) is 14.3 Å². The van der Waals surface area contributed by atoms with Crippen LogP contribution in [0.1, 0.15) is 39.1 Å². The van der Waals surface area contributed by atoms with Crippen molar-refractivity contribution < 1.29 is 18.4 Å². The van der Waals surface area contributed by atoms with Crippen LogP contribution in [0.25, 0.3) is 11.3 Å². The number of ketones is 1. The number of carbonyl (C=O) groups is 2. The monoisotopic (exact) mass is 485 g/mol. The van der Waals surface area contributed by atoms with Crippen molar-refractivity contribution in [3.05, 3.63) is 113 Å². The summed E-state index contributed by atoms with van der Waals surface area (Å²) in [5, 5.41) is 4.73. The maximum atomic E-state index is 14.1. The minimum atomic E-state index is -0.724. The fraction of sp³-hybridized carbons (Fsp3) is 0.207. The third kappa shape index (κ3) is 4.96. The third-order valence-electron chi connectivity index (χ3n) is 6.57. The predicted octanol–water partition coefficient (Wildman–Crippen LogP) is 5.61. The summed E-state index contributed by atoms with van der Waals surface area (Å²) in [7, 11) is 0. The average Bonchev–Trinajstić information content (AvgIpc) is 3.34. The molecule has 1 fully saturated rings. The van der Waals surface area contributed by atoms with Crippen molar-refractivity contribution in [2.75, 3.05) is 13.1 Å². The lowest BCUT2D eigenvalue weighted by molar-refractivity contribution is 0.0649. The van der Waals surface area contributed by atoms with E-state index in [2.05, 4.69) is 0 Å². The molecule has 0 spiro atoms. The number of hydrogen-bond acceptors (Lipinski definition) is 3. The van der Waals surface area contributed by atoms with E-state index in [0.717, 1.165) is 29.3 Å². The Labute approximate surface area is 208 Å². The van der Waals surface area contributed by atoms with Crippen molar-refractivity contribution in [1.29, 1.82) is 0 Å². The van der Waals surface area contributed by atoms with E-state index in [-0.39, 0.29) is 11.5 Å². The summed E-state index contributed by atoms with van der Waals surface area (Å²) < 4.78 is 29.4. The second-order valence-electron chi connectivity index (χ2n) is 9.00. The van der Waals surface area contributed by atoms with Crippen LogP contribution in [0.5, 0.6) is 0 Å². The van der Waals surface area contributed by atoms with E-state index in [1.807, 2.05) is 60.7 Å². The van der Waals surface area contributed by atoms with Crippen LogP contribution in [-0.2, 0) is 6.54 Å². The third-order valence-corrected chi connectivity index (χ3v) is 6.57. The molecule has 0 bridgehead atoms. The summed E-state index contributed by atoms with van der Waals surface area (Å²) in [6.07, 6.45) is 2.55. The van der Waals surface area contributed by atoms with Crippen LogP contribution < -0.4 is 0 Å². The molecule has 1 saturated heterocycles. The maximum Gasteiger partial charge on any atom is 0.257 e. The van der Waals surface area contributed by atoms with Crippen molar-refractivity contribution in [3.8, 4) is 11.3 Å². The Morgan fingerprint density at radius 2 is 1.53 bits per heavy atom. The highest BCUT2D eigenvalue weighted by molar-refractivity contribution is 6.01.